The number of nitrogens with one attached hydrogen (secondary N) is 1. The molecule has 1 aliphatic rings. The Bertz CT molecular complexity index is 290. The van der Waals surface area contributed by atoms with Gasteiger partial charge in [0.15, 0.2) is 0 Å². The number of hydrogen-bond donors (Lipinski definition) is 1. The molecule has 0 saturated heterocycles. The van der Waals surface area contributed by atoms with Crippen LogP contribution in [0.25, 0.3) is 0 Å². The van der Waals surface area contributed by atoms with E-state index in [0.717, 1.165) is 5.92 Å². The van der Waals surface area contributed by atoms with Gasteiger partial charge in [0.1, 0.15) is 0 Å². The first-order valence-electron chi connectivity index (χ1n) is 4.24. The molecule has 1 aromatic rings. The number of rotatable bonds is 2. The summed E-state index contributed by atoms with van der Waals surface area (Å²) in [6.07, 6.45) is 1.28. The lowest BCUT2D eigenvalue weighted by Crippen LogP contribution is -2.10. The zero-order valence-electron chi connectivity index (χ0n) is 7.46. The molecule has 0 spiro atoms. The molecule has 1 fully saturated rings. The first kappa shape index (κ1) is 11.0. The molecule has 0 unspecified atom stereocenters. The number of halogens is 2. The van der Waals surface area contributed by atoms with Crippen molar-refractivity contribution in [3.63, 3.8) is 0 Å². The normalized spacial score (nSPS) is 25.1. The van der Waals surface area contributed by atoms with Gasteiger partial charge in [-0.05, 0) is 25.1 Å². The van der Waals surface area contributed by atoms with Crippen molar-refractivity contribution in [3.8, 4) is 0 Å². The molecule has 13 heavy (non-hydrogen) atoms. The molecular weight excluding hydrogens is 249 g/mol. The molecule has 0 radical (unpaired) electrons. The van der Waals surface area contributed by atoms with E-state index in [4.69, 9.17) is 0 Å². The minimum Gasteiger partial charge on any atom is -0.316 e. The first-order chi connectivity index (χ1) is 5.83. The summed E-state index contributed by atoms with van der Waals surface area (Å²) in [5.74, 6) is 0.727. The summed E-state index contributed by atoms with van der Waals surface area (Å²) in [6, 6.07) is 9.17. The fourth-order valence-electron chi connectivity index (χ4n) is 1.63. The van der Waals surface area contributed by atoms with Gasteiger partial charge in [-0.2, -0.15) is 0 Å². The van der Waals surface area contributed by atoms with Crippen LogP contribution in [0, 0.1) is 0 Å². The van der Waals surface area contributed by atoms with E-state index in [9.17, 15) is 0 Å². The van der Waals surface area contributed by atoms with Crippen LogP contribution in [0.1, 0.15) is 17.9 Å². The van der Waals surface area contributed by atoms with Crippen molar-refractivity contribution in [2.75, 3.05) is 7.05 Å². The molecule has 1 nitrogen and oxygen atoms in total. The van der Waals surface area contributed by atoms with Crippen LogP contribution >= 0.6 is 28.3 Å². The summed E-state index contributed by atoms with van der Waals surface area (Å²) >= 11 is 3.57. The van der Waals surface area contributed by atoms with Crippen LogP contribution in [-0.4, -0.2) is 13.1 Å². The molecule has 0 bridgehead atoms. The standard InChI is InChI=1S/C10H12BrN.ClH/c1-12-10-6-8(10)7-4-2-3-5-9(7)11;/h2-5,8,10,12H,6H2,1H3;1H/t8-,10+;/m0./s1. The SMILES string of the molecule is CN[C@@H]1C[C@H]1c1ccccc1Br.Cl. The lowest BCUT2D eigenvalue weighted by atomic mass is 10.1. The van der Waals surface area contributed by atoms with Crippen LogP contribution in [-0.2, 0) is 0 Å². The Morgan fingerprint density at radius 3 is 2.62 bits per heavy atom. The van der Waals surface area contributed by atoms with Crippen molar-refractivity contribution in [2.45, 2.75) is 18.4 Å². The smallest absolute Gasteiger partial charge is 0.0210 e. The Morgan fingerprint density at radius 2 is 2.08 bits per heavy atom. The summed E-state index contributed by atoms with van der Waals surface area (Å²) in [4.78, 5) is 0. The van der Waals surface area contributed by atoms with E-state index in [1.807, 2.05) is 7.05 Å². The Labute approximate surface area is 93.5 Å². The Hall–Kier alpha value is -0.0500. The minimum atomic E-state index is 0. The van der Waals surface area contributed by atoms with E-state index in [1.165, 1.54) is 16.5 Å². The van der Waals surface area contributed by atoms with Crippen LogP contribution in [0.2, 0.25) is 0 Å². The second-order valence-electron chi connectivity index (χ2n) is 3.26. The summed E-state index contributed by atoms with van der Waals surface area (Å²) in [6.45, 7) is 0. The molecule has 0 heterocycles. The summed E-state index contributed by atoms with van der Waals surface area (Å²) in [5, 5.41) is 3.29. The minimum absolute atomic E-state index is 0. The zero-order chi connectivity index (χ0) is 8.55. The lowest BCUT2D eigenvalue weighted by Gasteiger charge is -2.01. The molecule has 0 amide bonds. The van der Waals surface area contributed by atoms with Crippen LogP contribution in [0.3, 0.4) is 0 Å². The van der Waals surface area contributed by atoms with Crippen LogP contribution in [0.5, 0.6) is 0 Å². The monoisotopic (exact) mass is 261 g/mol. The van der Waals surface area contributed by atoms with E-state index in [1.54, 1.807) is 0 Å². The van der Waals surface area contributed by atoms with Crippen LogP contribution in [0.4, 0.5) is 0 Å². The quantitative estimate of drug-likeness (QED) is 0.864. The third-order valence-corrected chi connectivity index (χ3v) is 3.19. The van der Waals surface area contributed by atoms with Gasteiger partial charge in [0.05, 0.1) is 0 Å². The van der Waals surface area contributed by atoms with Gasteiger partial charge < -0.3 is 5.32 Å². The van der Waals surface area contributed by atoms with Gasteiger partial charge in [0.2, 0.25) is 0 Å². The van der Waals surface area contributed by atoms with E-state index in [2.05, 4.69) is 45.5 Å². The van der Waals surface area contributed by atoms with Crippen molar-refractivity contribution in [2.24, 2.45) is 0 Å². The molecule has 0 aromatic heterocycles. The molecule has 0 aliphatic heterocycles. The van der Waals surface area contributed by atoms with Gasteiger partial charge in [-0.25, -0.2) is 0 Å². The average Bonchev–Trinajstić information content (AvgIpc) is 2.84. The van der Waals surface area contributed by atoms with Crippen LogP contribution < -0.4 is 5.32 Å². The second kappa shape index (κ2) is 4.45. The van der Waals surface area contributed by atoms with Gasteiger partial charge in [0.25, 0.3) is 0 Å². The van der Waals surface area contributed by atoms with Crippen molar-refractivity contribution < 1.29 is 0 Å². The van der Waals surface area contributed by atoms with E-state index < -0.39 is 0 Å². The molecule has 2 rings (SSSR count). The van der Waals surface area contributed by atoms with Gasteiger partial charge >= 0.3 is 0 Å². The second-order valence-corrected chi connectivity index (χ2v) is 4.11. The molecule has 3 heteroatoms. The van der Waals surface area contributed by atoms with E-state index in [-0.39, 0.29) is 12.4 Å². The highest BCUT2D eigenvalue weighted by Crippen LogP contribution is 2.43. The fraction of sp³-hybridized carbons (Fsp3) is 0.400. The summed E-state index contributed by atoms with van der Waals surface area (Å²) < 4.78 is 1.24. The highest BCUT2D eigenvalue weighted by atomic mass is 79.9. The molecule has 1 aromatic carbocycles. The van der Waals surface area contributed by atoms with Crippen molar-refractivity contribution >= 4 is 28.3 Å². The first-order valence-corrected chi connectivity index (χ1v) is 5.04. The number of likely N-dealkylation sites (N-methyl/N-ethyl adjacent to an activating group) is 1. The molecular formula is C10H13BrClN. The molecule has 1 N–H and O–H groups in total. The fourth-order valence-corrected chi connectivity index (χ4v) is 2.21. The van der Waals surface area contributed by atoms with E-state index in [0.29, 0.717) is 6.04 Å². The largest absolute Gasteiger partial charge is 0.316 e. The van der Waals surface area contributed by atoms with E-state index >= 15 is 0 Å². The molecule has 72 valence electrons. The van der Waals surface area contributed by atoms with Gasteiger partial charge in [-0.15, -0.1) is 12.4 Å². The Balaban J connectivity index is 0.000000845. The number of hydrogen-bond acceptors (Lipinski definition) is 1. The predicted molar refractivity (Wildman–Crippen MR) is 61.6 cm³/mol. The maximum atomic E-state index is 3.57. The molecule has 1 saturated carbocycles. The highest BCUT2D eigenvalue weighted by molar-refractivity contribution is 9.10. The average molecular weight is 263 g/mol. The maximum absolute atomic E-state index is 3.57. The maximum Gasteiger partial charge on any atom is 0.0210 e. The van der Waals surface area contributed by atoms with Crippen molar-refractivity contribution in [1.82, 2.24) is 5.32 Å². The Morgan fingerprint density at radius 1 is 1.38 bits per heavy atom. The predicted octanol–water partition coefficient (Wildman–Crippen LogP) is 2.95. The third kappa shape index (κ3) is 2.25. The summed E-state index contributed by atoms with van der Waals surface area (Å²) in [7, 11) is 2.03. The lowest BCUT2D eigenvalue weighted by molar-refractivity contribution is 0.782. The highest BCUT2D eigenvalue weighted by Gasteiger charge is 2.37. The van der Waals surface area contributed by atoms with Gasteiger partial charge in [-0.1, -0.05) is 34.1 Å². The van der Waals surface area contributed by atoms with Gasteiger partial charge in [-0.3, -0.25) is 0 Å². The van der Waals surface area contributed by atoms with Crippen LogP contribution in [0.15, 0.2) is 28.7 Å². The summed E-state index contributed by atoms with van der Waals surface area (Å²) in [5.41, 5.74) is 1.44. The third-order valence-electron chi connectivity index (χ3n) is 2.47. The van der Waals surface area contributed by atoms with Gasteiger partial charge in [0, 0.05) is 16.4 Å². The van der Waals surface area contributed by atoms with Crippen molar-refractivity contribution in [1.29, 1.82) is 0 Å². The molecule has 2 atom stereocenters. The molecule has 1 aliphatic carbocycles. The topological polar surface area (TPSA) is 12.0 Å². The zero-order valence-corrected chi connectivity index (χ0v) is 9.86. The Kier molecular flexibility index (Phi) is 3.77. The number of benzene rings is 1. The van der Waals surface area contributed by atoms with Crippen molar-refractivity contribution in [3.05, 3.63) is 34.3 Å².